The van der Waals surface area contributed by atoms with Crippen LogP contribution < -0.4 is 19.8 Å². The van der Waals surface area contributed by atoms with Crippen LogP contribution in [0.5, 0.6) is 17.2 Å². The number of para-hydroxylation sites is 1. The standard InChI is InChI=1S/C25H23N3O5S/c1-32-20-9-7-19(8-10-20)24-15-16-25(29)28(27-24)18-17-26-34(30,31)23-13-11-22(12-14-23)33-21-5-3-2-4-6-21/h2-16,26H,17-18H2,1H3. The first-order chi connectivity index (χ1) is 16.4. The van der Waals surface area contributed by atoms with Gasteiger partial charge in [0.2, 0.25) is 10.0 Å². The summed E-state index contributed by atoms with van der Waals surface area (Å²) in [6.07, 6.45) is 0. The molecule has 0 aliphatic heterocycles. The number of hydrogen-bond donors (Lipinski definition) is 1. The molecule has 0 bridgehead atoms. The van der Waals surface area contributed by atoms with E-state index in [9.17, 15) is 13.2 Å². The molecule has 0 radical (unpaired) electrons. The summed E-state index contributed by atoms with van der Waals surface area (Å²) in [6, 6.07) is 25.6. The lowest BCUT2D eigenvalue weighted by Gasteiger charge is -2.10. The van der Waals surface area contributed by atoms with Crippen molar-refractivity contribution >= 4 is 10.0 Å². The van der Waals surface area contributed by atoms with Crippen molar-refractivity contribution in [1.29, 1.82) is 0 Å². The molecule has 4 aromatic rings. The molecular formula is C25H23N3O5S. The molecule has 1 N–H and O–H groups in total. The summed E-state index contributed by atoms with van der Waals surface area (Å²) >= 11 is 0. The zero-order valence-corrected chi connectivity index (χ0v) is 19.2. The van der Waals surface area contributed by atoms with Crippen LogP contribution in [0.3, 0.4) is 0 Å². The summed E-state index contributed by atoms with van der Waals surface area (Å²) in [7, 11) is -2.18. The van der Waals surface area contributed by atoms with Crippen molar-refractivity contribution in [1.82, 2.24) is 14.5 Å². The van der Waals surface area contributed by atoms with E-state index in [0.29, 0.717) is 22.9 Å². The lowest BCUT2D eigenvalue weighted by molar-refractivity contribution is 0.415. The quantitative estimate of drug-likeness (QED) is 0.395. The van der Waals surface area contributed by atoms with Crippen molar-refractivity contribution in [3.05, 3.63) is 101 Å². The van der Waals surface area contributed by atoms with Crippen LogP contribution in [0.15, 0.2) is 101 Å². The van der Waals surface area contributed by atoms with Crippen LogP contribution in [0.25, 0.3) is 11.3 Å². The van der Waals surface area contributed by atoms with Gasteiger partial charge in [-0.15, -0.1) is 0 Å². The van der Waals surface area contributed by atoms with Crippen LogP contribution in [0.1, 0.15) is 0 Å². The molecule has 0 saturated heterocycles. The van der Waals surface area contributed by atoms with Crippen molar-refractivity contribution in [2.24, 2.45) is 0 Å². The molecule has 3 aromatic carbocycles. The zero-order valence-electron chi connectivity index (χ0n) is 18.4. The molecule has 0 aliphatic carbocycles. The van der Waals surface area contributed by atoms with Gasteiger partial charge in [0.25, 0.3) is 5.56 Å². The van der Waals surface area contributed by atoms with Crippen molar-refractivity contribution in [3.63, 3.8) is 0 Å². The first-order valence-corrected chi connectivity index (χ1v) is 12.0. The molecule has 34 heavy (non-hydrogen) atoms. The van der Waals surface area contributed by atoms with Crippen molar-refractivity contribution < 1.29 is 17.9 Å². The Morgan fingerprint density at radius 1 is 0.824 bits per heavy atom. The minimum atomic E-state index is -3.77. The fourth-order valence-electron chi connectivity index (χ4n) is 3.21. The fraction of sp³-hybridized carbons (Fsp3) is 0.120. The van der Waals surface area contributed by atoms with Gasteiger partial charge in [-0.1, -0.05) is 18.2 Å². The van der Waals surface area contributed by atoms with E-state index in [2.05, 4.69) is 9.82 Å². The van der Waals surface area contributed by atoms with Gasteiger partial charge in [-0.2, -0.15) is 5.10 Å². The van der Waals surface area contributed by atoms with Crippen molar-refractivity contribution in [3.8, 4) is 28.5 Å². The summed E-state index contributed by atoms with van der Waals surface area (Å²) in [6.45, 7) is 0.0842. The Kier molecular flexibility index (Phi) is 7.05. The number of methoxy groups -OCH3 is 1. The second-order valence-corrected chi connectivity index (χ2v) is 9.06. The van der Waals surface area contributed by atoms with E-state index in [4.69, 9.17) is 9.47 Å². The maximum Gasteiger partial charge on any atom is 0.266 e. The molecule has 174 valence electrons. The van der Waals surface area contributed by atoms with Crippen LogP contribution >= 0.6 is 0 Å². The van der Waals surface area contributed by atoms with Crippen LogP contribution in [0, 0.1) is 0 Å². The highest BCUT2D eigenvalue weighted by molar-refractivity contribution is 7.89. The van der Waals surface area contributed by atoms with Gasteiger partial charge in [0.1, 0.15) is 17.2 Å². The first-order valence-electron chi connectivity index (χ1n) is 10.5. The molecular weight excluding hydrogens is 454 g/mol. The third kappa shape index (κ3) is 5.69. The largest absolute Gasteiger partial charge is 0.497 e. The van der Waals surface area contributed by atoms with Crippen LogP contribution in [-0.2, 0) is 16.6 Å². The highest BCUT2D eigenvalue weighted by Crippen LogP contribution is 2.22. The number of ether oxygens (including phenoxy) is 2. The Morgan fingerprint density at radius 2 is 1.47 bits per heavy atom. The maximum atomic E-state index is 12.7. The van der Waals surface area contributed by atoms with Crippen molar-refractivity contribution in [2.45, 2.75) is 11.4 Å². The van der Waals surface area contributed by atoms with Crippen LogP contribution in [0.2, 0.25) is 0 Å². The minimum Gasteiger partial charge on any atom is -0.497 e. The lowest BCUT2D eigenvalue weighted by atomic mass is 10.1. The van der Waals surface area contributed by atoms with E-state index in [1.807, 2.05) is 42.5 Å². The molecule has 0 amide bonds. The molecule has 0 fully saturated rings. The smallest absolute Gasteiger partial charge is 0.266 e. The van der Waals surface area contributed by atoms with Crippen molar-refractivity contribution in [2.75, 3.05) is 13.7 Å². The molecule has 1 heterocycles. The second kappa shape index (κ2) is 10.3. The molecule has 1 aromatic heterocycles. The molecule has 9 heteroatoms. The lowest BCUT2D eigenvalue weighted by Crippen LogP contribution is -2.32. The number of benzene rings is 3. The summed E-state index contributed by atoms with van der Waals surface area (Å²) in [5.41, 5.74) is 1.09. The summed E-state index contributed by atoms with van der Waals surface area (Å²) in [4.78, 5) is 12.3. The van der Waals surface area contributed by atoms with E-state index in [-0.39, 0.29) is 23.5 Å². The predicted octanol–water partition coefficient (Wildman–Crippen LogP) is 3.69. The van der Waals surface area contributed by atoms with Gasteiger partial charge in [0.15, 0.2) is 0 Å². The molecule has 8 nitrogen and oxygen atoms in total. The summed E-state index contributed by atoms with van der Waals surface area (Å²) in [5.74, 6) is 1.90. The normalized spacial score (nSPS) is 11.2. The van der Waals surface area contributed by atoms with Gasteiger partial charge < -0.3 is 9.47 Å². The third-order valence-corrected chi connectivity index (χ3v) is 6.46. The van der Waals surface area contributed by atoms with Gasteiger partial charge in [-0.3, -0.25) is 4.79 Å². The number of nitrogens with zero attached hydrogens (tertiary/aromatic N) is 2. The molecule has 0 saturated carbocycles. The fourth-order valence-corrected chi connectivity index (χ4v) is 4.23. The Morgan fingerprint density at radius 3 is 2.15 bits per heavy atom. The molecule has 0 spiro atoms. The highest BCUT2D eigenvalue weighted by Gasteiger charge is 2.14. The molecule has 0 aliphatic rings. The molecule has 4 rings (SSSR count). The number of nitrogens with one attached hydrogen (secondary N) is 1. The predicted molar refractivity (Wildman–Crippen MR) is 129 cm³/mol. The van der Waals surface area contributed by atoms with Crippen LogP contribution in [-0.4, -0.2) is 31.9 Å². The highest BCUT2D eigenvalue weighted by atomic mass is 32.2. The van der Waals surface area contributed by atoms with E-state index in [0.717, 1.165) is 5.56 Å². The molecule has 0 atom stereocenters. The van der Waals surface area contributed by atoms with Gasteiger partial charge in [-0.25, -0.2) is 17.8 Å². The Hall–Kier alpha value is -3.95. The second-order valence-electron chi connectivity index (χ2n) is 7.29. The van der Waals surface area contributed by atoms with E-state index < -0.39 is 10.0 Å². The number of aromatic nitrogens is 2. The monoisotopic (exact) mass is 477 g/mol. The average Bonchev–Trinajstić information content (AvgIpc) is 2.86. The van der Waals surface area contributed by atoms with Gasteiger partial charge >= 0.3 is 0 Å². The van der Waals surface area contributed by atoms with Gasteiger partial charge in [0.05, 0.1) is 24.2 Å². The molecule has 0 unspecified atom stereocenters. The number of sulfonamides is 1. The summed E-state index contributed by atoms with van der Waals surface area (Å²) < 4.78 is 39.9. The average molecular weight is 478 g/mol. The zero-order chi connectivity index (χ0) is 24.0. The van der Waals surface area contributed by atoms with E-state index in [1.54, 1.807) is 37.4 Å². The van der Waals surface area contributed by atoms with Gasteiger partial charge in [-0.05, 0) is 66.7 Å². The maximum absolute atomic E-state index is 12.7. The Labute approximate surface area is 197 Å². The number of rotatable bonds is 9. The number of hydrogen-bond acceptors (Lipinski definition) is 6. The SMILES string of the molecule is COc1ccc(-c2ccc(=O)n(CCNS(=O)(=O)c3ccc(Oc4ccccc4)cc3)n2)cc1. The van der Waals surface area contributed by atoms with E-state index in [1.165, 1.54) is 22.9 Å². The minimum absolute atomic E-state index is 0.00354. The Balaban J connectivity index is 1.39. The van der Waals surface area contributed by atoms with E-state index >= 15 is 0 Å². The Bertz CT molecular complexity index is 1400. The van der Waals surface area contributed by atoms with Gasteiger partial charge in [0, 0.05) is 18.2 Å². The summed E-state index contributed by atoms with van der Waals surface area (Å²) in [5, 5.41) is 4.35. The first kappa shape index (κ1) is 23.2. The van der Waals surface area contributed by atoms with Crippen LogP contribution in [0.4, 0.5) is 0 Å². The third-order valence-electron chi connectivity index (χ3n) is 4.98. The topological polar surface area (TPSA) is 99.5 Å².